The third-order valence-corrected chi connectivity index (χ3v) is 3.65. The minimum absolute atomic E-state index is 0.271. The predicted molar refractivity (Wildman–Crippen MR) is 76.1 cm³/mol. The summed E-state index contributed by atoms with van der Waals surface area (Å²) in [5, 5.41) is 0. The Morgan fingerprint density at radius 3 is 2.12 bits per heavy atom. The Kier molecular flexibility index (Phi) is 5.70. The highest BCUT2D eigenvalue weighted by Crippen LogP contribution is 2.31. The number of rotatable bonds is 6. The molecule has 1 aromatic carbocycles. The molecule has 0 aliphatic rings. The van der Waals surface area contributed by atoms with Gasteiger partial charge in [-0.25, -0.2) is 0 Å². The average molecular weight is 233 g/mol. The summed E-state index contributed by atoms with van der Waals surface area (Å²) in [6.07, 6.45) is 2.29. The van der Waals surface area contributed by atoms with Crippen molar-refractivity contribution < 1.29 is 0 Å². The summed E-state index contributed by atoms with van der Waals surface area (Å²) < 4.78 is 0. The van der Waals surface area contributed by atoms with E-state index in [1.807, 2.05) is 0 Å². The summed E-state index contributed by atoms with van der Waals surface area (Å²) in [6.45, 7) is 9.07. The Morgan fingerprint density at radius 1 is 1.06 bits per heavy atom. The van der Waals surface area contributed by atoms with Gasteiger partial charge in [-0.1, -0.05) is 64.4 Å². The number of hydrogen-bond acceptors (Lipinski definition) is 1. The van der Waals surface area contributed by atoms with Crippen molar-refractivity contribution in [3.63, 3.8) is 0 Å². The first kappa shape index (κ1) is 14.2. The van der Waals surface area contributed by atoms with Crippen molar-refractivity contribution in [1.82, 2.24) is 0 Å². The summed E-state index contributed by atoms with van der Waals surface area (Å²) in [5.41, 5.74) is 7.83. The molecule has 0 bridgehead atoms. The fourth-order valence-corrected chi connectivity index (χ4v) is 2.62. The Bertz CT molecular complexity index is 305. The van der Waals surface area contributed by atoms with Crippen LogP contribution in [-0.2, 0) is 0 Å². The molecule has 1 aromatic rings. The van der Waals surface area contributed by atoms with Crippen LogP contribution in [0, 0.1) is 11.8 Å². The van der Waals surface area contributed by atoms with Gasteiger partial charge in [0.1, 0.15) is 0 Å². The zero-order valence-electron chi connectivity index (χ0n) is 11.7. The maximum atomic E-state index is 6.43. The average Bonchev–Trinajstić information content (AvgIpc) is 2.29. The van der Waals surface area contributed by atoms with Crippen LogP contribution < -0.4 is 5.73 Å². The van der Waals surface area contributed by atoms with Gasteiger partial charge in [0.15, 0.2) is 0 Å². The maximum absolute atomic E-state index is 6.43. The van der Waals surface area contributed by atoms with Gasteiger partial charge in [0.25, 0.3) is 0 Å². The van der Waals surface area contributed by atoms with Crippen molar-refractivity contribution in [1.29, 1.82) is 0 Å². The van der Waals surface area contributed by atoms with Gasteiger partial charge < -0.3 is 5.73 Å². The van der Waals surface area contributed by atoms with Crippen LogP contribution in [-0.4, -0.2) is 6.04 Å². The SMILES string of the molecule is CCC(C)C(c1ccccc1)C(N)CC(C)C. The normalized spacial score (nSPS) is 16.8. The van der Waals surface area contributed by atoms with Crippen molar-refractivity contribution in [3.8, 4) is 0 Å². The first-order valence-electron chi connectivity index (χ1n) is 6.86. The molecule has 17 heavy (non-hydrogen) atoms. The van der Waals surface area contributed by atoms with Gasteiger partial charge in [0, 0.05) is 12.0 Å². The van der Waals surface area contributed by atoms with E-state index in [-0.39, 0.29) is 6.04 Å². The molecule has 0 aliphatic heterocycles. The van der Waals surface area contributed by atoms with Crippen molar-refractivity contribution in [2.24, 2.45) is 17.6 Å². The number of nitrogens with two attached hydrogens (primary N) is 1. The van der Waals surface area contributed by atoms with Crippen LogP contribution >= 0.6 is 0 Å². The highest BCUT2D eigenvalue weighted by Gasteiger charge is 2.25. The van der Waals surface area contributed by atoms with Crippen LogP contribution in [0.5, 0.6) is 0 Å². The van der Waals surface area contributed by atoms with E-state index < -0.39 is 0 Å². The second-order valence-corrected chi connectivity index (χ2v) is 5.62. The molecule has 0 saturated carbocycles. The quantitative estimate of drug-likeness (QED) is 0.783. The fraction of sp³-hybridized carbons (Fsp3) is 0.625. The lowest BCUT2D eigenvalue weighted by molar-refractivity contribution is 0.343. The van der Waals surface area contributed by atoms with E-state index in [0.29, 0.717) is 17.8 Å². The molecule has 0 amide bonds. The van der Waals surface area contributed by atoms with E-state index in [0.717, 1.165) is 6.42 Å². The molecule has 2 N–H and O–H groups in total. The zero-order valence-corrected chi connectivity index (χ0v) is 11.7. The van der Waals surface area contributed by atoms with Crippen LogP contribution in [0.15, 0.2) is 30.3 Å². The van der Waals surface area contributed by atoms with Gasteiger partial charge in [0.05, 0.1) is 0 Å². The molecule has 3 unspecified atom stereocenters. The van der Waals surface area contributed by atoms with Crippen LogP contribution in [0.2, 0.25) is 0 Å². The predicted octanol–water partition coefficient (Wildman–Crippen LogP) is 4.19. The Morgan fingerprint density at radius 2 is 1.65 bits per heavy atom. The molecule has 1 heteroatoms. The van der Waals surface area contributed by atoms with E-state index in [1.165, 1.54) is 12.0 Å². The molecule has 3 atom stereocenters. The number of benzene rings is 1. The Hall–Kier alpha value is -0.820. The van der Waals surface area contributed by atoms with Gasteiger partial charge in [-0.15, -0.1) is 0 Å². The highest BCUT2D eigenvalue weighted by molar-refractivity contribution is 5.22. The molecule has 0 radical (unpaired) electrons. The van der Waals surface area contributed by atoms with Gasteiger partial charge in [-0.05, 0) is 23.8 Å². The minimum Gasteiger partial charge on any atom is -0.327 e. The monoisotopic (exact) mass is 233 g/mol. The molecule has 0 spiro atoms. The van der Waals surface area contributed by atoms with E-state index in [1.54, 1.807) is 0 Å². The summed E-state index contributed by atoms with van der Waals surface area (Å²) in [7, 11) is 0. The van der Waals surface area contributed by atoms with E-state index in [4.69, 9.17) is 5.73 Å². The Labute approximate surface area is 106 Å². The molecular weight excluding hydrogens is 206 g/mol. The standard InChI is InChI=1S/C16H27N/c1-5-13(4)16(15(17)11-12(2)3)14-9-7-6-8-10-14/h6-10,12-13,15-16H,5,11,17H2,1-4H3. The smallest absolute Gasteiger partial charge is 0.0113 e. The van der Waals surface area contributed by atoms with Crippen molar-refractivity contribution in [2.75, 3.05) is 0 Å². The van der Waals surface area contributed by atoms with Crippen LogP contribution in [0.4, 0.5) is 0 Å². The van der Waals surface area contributed by atoms with Gasteiger partial charge in [0.2, 0.25) is 0 Å². The first-order chi connectivity index (χ1) is 8.06. The van der Waals surface area contributed by atoms with Crippen LogP contribution in [0.1, 0.15) is 52.0 Å². The van der Waals surface area contributed by atoms with Crippen molar-refractivity contribution in [2.45, 2.75) is 52.5 Å². The van der Waals surface area contributed by atoms with Crippen LogP contribution in [0.3, 0.4) is 0 Å². The van der Waals surface area contributed by atoms with Crippen molar-refractivity contribution in [3.05, 3.63) is 35.9 Å². The lowest BCUT2D eigenvalue weighted by Gasteiger charge is -2.30. The highest BCUT2D eigenvalue weighted by atomic mass is 14.7. The fourth-order valence-electron chi connectivity index (χ4n) is 2.62. The third kappa shape index (κ3) is 4.16. The topological polar surface area (TPSA) is 26.0 Å². The molecule has 0 saturated heterocycles. The van der Waals surface area contributed by atoms with E-state index in [9.17, 15) is 0 Å². The Balaban J connectivity index is 2.88. The molecule has 0 aromatic heterocycles. The summed E-state index contributed by atoms with van der Waals surface area (Å²) >= 11 is 0. The summed E-state index contributed by atoms with van der Waals surface area (Å²) in [6, 6.07) is 11.0. The van der Waals surface area contributed by atoms with Gasteiger partial charge in [-0.2, -0.15) is 0 Å². The molecule has 1 rings (SSSR count). The summed E-state index contributed by atoms with van der Waals surface area (Å²) in [5.74, 6) is 1.80. The lowest BCUT2D eigenvalue weighted by Crippen LogP contribution is -2.33. The second kappa shape index (κ2) is 6.80. The third-order valence-electron chi connectivity index (χ3n) is 3.65. The maximum Gasteiger partial charge on any atom is 0.0113 e. The molecule has 96 valence electrons. The zero-order chi connectivity index (χ0) is 12.8. The molecular formula is C16H27N. The van der Waals surface area contributed by atoms with E-state index in [2.05, 4.69) is 58.0 Å². The molecule has 1 nitrogen and oxygen atoms in total. The summed E-state index contributed by atoms with van der Waals surface area (Å²) in [4.78, 5) is 0. The first-order valence-corrected chi connectivity index (χ1v) is 6.86. The van der Waals surface area contributed by atoms with Crippen molar-refractivity contribution >= 4 is 0 Å². The van der Waals surface area contributed by atoms with E-state index >= 15 is 0 Å². The van der Waals surface area contributed by atoms with Gasteiger partial charge in [-0.3, -0.25) is 0 Å². The van der Waals surface area contributed by atoms with Gasteiger partial charge >= 0.3 is 0 Å². The largest absolute Gasteiger partial charge is 0.327 e. The molecule has 0 fully saturated rings. The minimum atomic E-state index is 0.271. The molecule has 0 heterocycles. The lowest BCUT2D eigenvalue weighted by atomic mass is 9.78. The molecule has 0 aliphatic carbocycles. The second-order valence-electron chi connectivity index (χ2n) is 5.62. The number of hydrogen-bond donors (Lipinski definition) is 1. The van der Waals surface area contributed by atoms with Crippen LogP contribution in [0.25, 0.3) is 0 Å².